The van der Waals surface area contributed by atoms with Gasteiger partial charge in [0.25, 0.3) is 0 Å². The standard InChI is InChI=1S/C15H26N4O2S.HI/c1-12-9-13(2)11-14(10-12)5-6-17-15(16-3)18-7-8-19-22(4,20)21;/h9-11,19H,5-8H2,1-4H3,(H2,16,17,18);1H. The SMILES string of the molecule is CN=C(NCCNS(C)(=O)=O)NCCc1cc(C)cc(C)c1.I. The molecule has 0 heterocycles. The summed E-state index contributed by atoms with van der Waals surface area (Å²) in [5.74, 6) is 0.666. The van der Waals surface area contributed by atoms with Crippen molar-refractivity contribution in [3.8, 4) is 0 Å². The number of rotatable bonds is 7. The minimum Gasteiger partial charge on any atom is -0.356 e. The van der Waals surface area contributed by atoms with Gasteiger partial charge in [-0.2, -0.15) is 0 Å². The van der Waals surface area contributed by atoms with Gasteiger partial charge in [-0.3, -0.25) is 4.99 Å². The summed E-state index contributed by atoms with van der Waals surface area (Å²) < 4.78 is 24.3. The van der Waals surface area contributed by atoms with Crippen LogP contribution in [0.15, 0.2) is 23.2 Å². The fourth-order valence-electron chi connectivity index (χ4n) is 2.18. The Bertz CT molecular complexity index is 598. The van der Waals surface area contributed by atoms with E-state index in [0.29, 0.717) is 19.0 Å². The molecule has 0 saturated heterocycles. The normalized spacial score (nSPS) is 11.7. The zero-order valence-electron chi connectivity index (χ0n) is 14.1. The van der Waals surface area contributed by atoms with E-state index >= 15 is 0 Å². The number of guanidine groups is 1. The van der Waals surface area contributed by atoms with E-state index in [9.17, 15) is 8.42 Å². The van der Waals surface area contributed by atoms with Gasteiger partial charge in [0.2, 0.25) is 10.0 Å². The van der Waals surface area contributed by atoms with Crippen LogP contribution in [0.5, 0.6) is 0 Å². The lowest BCUT2D eigenvalue weighted by Crippen LogP contribution is -2.42. The summed E-state index contributed by atoms with van der Waals surface area (Å²) in [6.07, 6.45) is 2.05. The highest BCUT2D eigenvalue weighted by Crippen LogP contribution is 2.08. The minimum absolute atomic E-state index is 0. The van der Waals surface area contributed by atoms with Gasteiger partial charge < -0.3 is 10.6 Å². The van der Waals surface area contributed by atoms with Gasteiger partial charge >= 0.3 is 0 Å². The number of hydrogen-bond donors (Lipinski definition) is 3. The Balaban J connectivity index is 0.00000484. The first kappa shape index (κ1) is 22.1. The predicted octanol–water partition coefficient (Wildman–Crippen LogP) is 1.18. The summed E-state index contributed by atoms with van der Waals surface area (Å²) in [6, 6.07) is 6.52. The Kier molecular flexibility index (Phi) is 10.4. The van der Waals surface area contributed by atoms with Crippen LogP contribution in [-0.4, -0.2) is 47.3 Å². The maximum absolute atomic E-state index is 10.9. The van der Waals surface area contributed by atoms with Crippen molar-refractivity contribution in [1.29, 1.82) is 0 Å². The monoisotopic (exact) mass is 454 g/mol. The van der Waals surface area contributed by atoms with E-state index in [1.165, 1.54) is 16.7 Å². The molecule has 1 rings (SSSR count). The maximum Gasteiger partial charge on any atom is 0.208 e. The summed E-state index contributed by atoms with van der Waals surface area (Å²) in [5.41, 5.74) is 3.83. The summed E-state index contributed by atoms with van der Waals surface area (Å²) in [5, 5.41) is 6.28. The molecule has 6 nitrogen and oxygen atoms in total. The number of nitrogens with one attached hydrogen (secondary N) is 3. The smallest absolute Gasteiger partial charge is 0.208 e. The Hall–Kier alpha value is -0.870. The fourth-order valence-corrected chi connectivity index (χ4v) is 2.65. The van der Waals surface area contributed by atoms with Crippen LogP contribution in [-0.2, 0) is 16.4 Å². The molecule has 0 unspecified atom stereocenters. The van der Waals surface area contributed by atoms with Gasteiger partial charge in [-0.15, -0.1) is 24.0 Å². The maximum atomic E-state index is 10.9. The average Bonchev–Trinajstić information content (AvgIpc) is 2.39. The highest BCUT2D eigenvalue weighted by molar-refractivity contribution is 14.0. The quantitative estimate of drug-likeness (QED) is 0.250. The van der Waals surface area contributed by atoms with Gasteiger partial charge in [0.15, 0.2) is 5.96 Å². The third-order valence-corrected chi connectivity index (χ3v) is 3.72. The Morgan fingerprint density at radius 2 is 1.61 bits per heavy atom. The molecule has 0 spiro atoms. The van der Waals surface area contributed by atoms with E-state index in [1.807, 2.05) is 0 Å². The summed E-state index contributed by atoms with van der Waals surface area (Å²) in [6.45, 7) is 5.77. The van der Waals surface area contributed by atoms with E-state index in [-0.39, 0.29) is 24.0 Å². The van der Waals surface area contributed by atoms with E-state index in [0.717, 1.165) is 19.2 Å². The Morgan fingerprint density at radius 3 is 2.13 bits per heavy atom. The number of aryl methyl sites for hydroxylation is 2. The molecule has 132 valence electrons. The second-order valence-electron chi connectivity index (χ2n) is 5.34. The predicted molar refractivity (Wildman–Crippen MR) is 107 cm³/mol. The van der Waals surface area contributed by atoms with Crippen LogP contribution < -0.4 is 15.4 Å². The van der Waals surface area contributed by atoms with Crippen molar-refractivity contribution in [2.45, 2.75) is 20.3 Å². The van der Waals surface area contributed by atoms with Crippen LogP contribution in [0.1, 0.15) is 16.7 Å². The zero-order chi connectivity index (χ0) is 16.6. The highest BCUT2D eigenvalue weighted by atomic mass is 127. The molecule has 0 aromatic heterocycles. The van der Waals surface area contributed by atoms with Crippen molar-refractivity contribution in [2.75, 3.05) is 32.9 Å². The Labute approximate surface area is 156 Å². The molecular weight excluding hydrogens is 427 g/mol. The molecule has 0 aliphatic rings. The third-order valence-electron chi connectivity index (χ3n) is 2.99. The van der Waals surface area contributed by atoms with Crippen LogP contribution in [0.4, 0.5) is 0 Å². The van der Waals surface area contributed by atoms with Crippen LogP contribution in [0, 0.1) is 13.8 Å². The van der Waals surface area contributed by atoms with Crippen LogP contribution in [0.3, 0.4) is 0 Å². The van der Waals surface area contributed by atoms with Crippen LogP contribution >= 0.6 is 24.0 Å². The van der Waals surface area contributed by atoms with Crippen molar-refractivity contribution in [1.82, 2.24) is 15.4 Å². The lowest BCUT2D eigenvalue weighted by molar-refractivity contribution is 0.586. The minimum atomic E-state index is -3.14. The molecule has 0 aliphatic carbocycles. The molecule has 1 aromatic rings. The van der Waals surface area contributed by atoms with E-state index in [1.54, 1.807) is 7.05 Å². The summed E-state index contributed by atoms with van der Waals surface area (Å²) in [7, 11) is -1.45. The topological polar surface area (TPSA) is 82.6 Å². The second kappa shape index (κ2) is 10.8. The second-order valence-corrected chi connectivity index (χ2v) is 7.17. The van der Waals surface area contributed by atoms with Gasteiger partial charge in [-0.05, 0) is 25.8 Å². The number of halogens is 1. The van der Waals surface area contributed by atoms with E-state index in [4.69, 9.17) is 0 Å². The van der Waals surface area contributed by atoms with Crippen molar-refractivity contribution in [3.63, 3.8) is 0 Å². The summed E-state index contributed by atoms with van der Waals surface area (Å²) in [4.78, 5) is 4.11. The number of hydrogen-bond acceptors (Lipinski definition) is 3. The molecule has 0 amide bonds. The third kappa shape index (κ3) is 10.5. The van der Waals surface area contributed by atoms with Gasteiger partial charge in [0.1, 0.15) is 0 Å². The lowest BCUT2D eigenvalue weighted by atomic mass is 10.1. The highest BCUT2D eigenvalue weighted by Gasteiger charge is 2.01. The fraction of sp³-hybridized carbons (Fsp3) is 0.533. The molecule has 0 bridgehead atoms. The first-order valence-electron chi connectivity index (χ1n) is 7.26. The Morgan fingerprint density at radius 1 is 1.04 bits per heavy atom. The molecule has 0 saturated carbocycles. The molecule has 0 atom stereocenters. The molecule has 23 heavy (non-hydrogen) atoms. The van der Waals surface area contributed by atoms with Crippen molar-refractivity contribution in [3.05, 3.63) is 34.9 Å². The molecule has 3 N–H and O–H groups in total. The van der Waals surface area contributed by atoms with Crippen molar-refractivity contribution < 1.29 is 8.42 Å². The molecule has 1 aromatic carbocycles. The van der Waals surface area contributed by atoms with E-state index < -0.39 is 10.0 Å². The van der Waals surface area contributed by atoms with Crippen LogP contribution in [0.25, 0.3) is 0 Å². The van der Waals surface area contributed by atoms with Crippen LogP contribution in [0.2, 0.25) is 0 Å². The van der Waals surface area contributed by atoms with Crippen molar-refractivity contribution >= 4 is 40.0 Å². The first-order valence-corrected chi connectivity index (χ1v) is 9.15. The lowest BCUT2D eigenvalue weighted by Gasteiger charge is -2.12. The number of sulfonamides is 1. The van der Waals surface area contributed by atoms with Gasteiger partial charge in [-0.1, -0.05) is 29.3 Å². The number of benzene rings is 1. The largest absolute Gasteiger partial charge is 0.356 e. The molecule has 0 radical (unpaired) electrons. The number of nitrogens with zero attached hydrogens (tertiary/aromatic N) is 1. The molecule has 0 fully saturated rings. The van der Waals surface area contributed by atoms with Gasteiger partial charge in [-0.25, -0.2) is 13.1 Å². The van der Waals surface area contributed by atoms with Gasteiger partial charge in [0, 0.05) is 26.7 Å². The summed E-state index contributed by atoms with van der Waals surface area (Å²) >= 11 is 0. The number of aliphatic imine (C=N–C) groups is 1. The first-order chi connectivity index (χ1) is 10.3. The van der Waals surface area contributed by atoms with Crippen molar-refractivity contribution in [2.24, 2.45) is 4.99 Å². The molecular formula is C15H27IN4O2S. The molecule has 0 aliphatic heterocycles. The zero-order valence-corrected chi connectivity index (χ0v) is 17.3. The van der Waals surface area contributed by atoms with Gasteiger partial charge in [0.05, 0.1) is 6.26 Å². The molecule has 8 heteroatoms. The average molecular weight is 454 g/mol. The van der Waals surface area contributed by atoms with E-state index in [2.05, 4.69) is 52.4 Å².